The number of aliphatic hydroxyl groups is 1. The van der Waals surface area contributed by atoms with Crippen molar-refractivity contribution in [2.24, 2.45) is 0 Å². The molecule has 2 unspecified atom stereocenters. The molecule has 0 aliphatic carbocycles. The molecule has 0 aliphatic rings. The van der Waals surface area contributed by atoms with Gasteiger partial charge in [-0.2, -0.15) is 18.2 Å². The third-order valence-electron chi connectivity index (χ3n) is 3.07. The van der Waals surface area contributed by atoms with Gasteiger partial charge < -0.3 is 9.63 Å². The first kappa shape index (κ1) is 15.4. The summed E-state index contributed by atoms with van der Waals surface area (Å²) in [5.74, 6) is -2.30. The van der Waals surface area contributed by atoms with Gasteiger partial charge in [0.05, 0.1) is 5.92 Å². The molecule has 8 heteroatoms. The highest BCUT2D eigenvalue weighted by molar-refractivity contribution is 5.55. The van der Waals surface area contributed by atoms with Crippen molar-refractivity contribution in [2.45, 2.75) is 32.0 Å². The molecule has 1 N–H and O–H groups in total. The standard InChI is InChI=1S/C13H12F4N2O2/c1-6-3-4-8(5-9(6)14)11-18-12(21-19-11)7(2)10(20)13(15,16)17/h3-5,7,10,20H,1-2H3. The summed E-state index contributed by atoms with van der Waals surface area (Å²) in [5, 5.41) is 12.7. The molecule has 4 nitrogen and oxygen atoms in total. The fraction of sp³-hybridized carbons (Fsp3) is 0.385. The Morgan fingerprint density at radius 2 is 1.95 bits per heavy atom. The van der Waals surface area contributed by atoms with Gasteiger partial charge in [-0.15, -0.1) is 0 Å². The second kappa shape index (κ2) is 5.44. The number of aromatic nitrogens is 2. The monoisotopic (exact) mass is 304 g/mol. The molecule has 0 radical (unpaired) electrons. The molecule has 21 heavy (non-hydrogen) atoms. The number of hydrogen-bond donors (Lipinski definition) is 1. The van der Waals surface area contributed by atoms with Crippen molar-refractivity contribution in [1.29, 1.82) is 0 Å². The predicted molar refractivity (Wildman–Crippen MR) is 64.9 cm³/mol. The minimum atomic E-state index is -4.79. The van der Waals surface area contributed by atoms with Gasteiger partial charge in [0.2, 0.25) is 11.7 Å². The van der Waals surface area contributed by atoms with Crippen LogP contribution < -0.4 is 0 Å². The minimum absolute atomic E-state index is 0.0369. The van der Waals surface area contributed by atoms with Gasteiger partial charge in [0.25, 0.3) is 0 Å². The summed E-state index contributed by atoms with van der Waals surface area (Å²) in [4.78, 5) is 3.78. The topological polar surface area (TPSA) is 59.2 Å². The van der Waals surface area contributed by atoms with Crippen LogP contribution in [0.1, 0.15) is 24.3 Å². The zero-order valence-corrected chi connectivity index (χ0v) is 11.1. The third-order valence-corrected chi connectivity index (χ3v) is 3.07. The van der Waals surface area contributed by atoms with E-state index in [0.717, 1.165) is 13.0 Å². The maximum absolute atomic E-state index is 13.4. The predicted octanol–water partition coefficient (Wildman–Crippen LogP) is 3.21. The SMILES string of the molecule is Cc1ccc(-c2noc(C(C)C(O)C(F)(F)F)n2)cc1F. The highest BCUT2D eigenvalue weighted by Gasteiger charge is 2.44. The van der Waals surface area contributed by atoms with Crippen LogP contribution in [-0.4, -0.2) is 27.5 Å². The molecule has 114 valence electrons. The fourth-order valence-electron chi connectivity index (χ4n) is 1.69. The van der Waals surface area contributed by atoms with Crippen LogP contribution in [0.25, 0.3) is 11.4 Å². The number of hydrogen-bond acceptors (Lipinski definition) is 4. The van der Waals surface area contributed by atoms with E-state index >= 15 is 0 Å². The lowest BCUT2D eigenvalue weighted by molar-refractivity contribution is -0.210. The van der Waals surface area contributed by atoms with E-state index in [0.29, 0.717) is 5.56 Å². The first-order valence-electron chi connectivity index (χ1n) is 6.05. The van der Waals surface area contributed by atoms with Gasteiger partial charge in [0.1, 0.15) is 5.82 Å². The average molecular weight is 304 g/mol. The molecule has 1 aromatic heterocycles. The summed E-state index contributed by atoms with van der Waals surface area (Å²) in [5.41, 5.74) is 0.699. The van der Waals surface area contributed by atoms with Gasteiger partial charge in [0, 0.05) is 5.56 Å². The zero-order chi connectivity index (χ0) is 15.8. The molecule has 0 saturated carbocycles. The zero-order valence-electron chi connectivity index (χ0n) is 11.1. The molecule has 2 aromatic rings. The number of rotatable bonds is 3. The van der Waals surface area contributed by atoms with Crippen molar-refractivity contribution in [3.8, 4) is 11.4 Å². The van der Waals surface area contributed by atoms with Crippen LogP contribution in [0.3, 0.4) is 0 Å². The lowest BCUT2D eigenvalue weighted by Crippen LogP contribution is -2.33. The lowest BCUT2D eigenvalue weighted by atomic mass is 10.0. The summed E-state index contributed by atoms with van der Waals surface area (Å²) in [6.45, 7) is 2.69. The largest absolute Gasteiger partial charge is 0.415 e. The van der Waals surface area contributed by atoms with Crippen molar-refractivity contribution in [2.75, 3.05) is 0 Å². The summed E-state index contributed by atoms with van der Waals surface area (Å²) in [6, 6.07) is 4.18. The van der Waals surface area contributed by atoms with Gasteiger partial charge in [-0.3, -0.25) is 0 Å². The number of aryl methyl sites for hydroxylation is 1. The molecule has 0 amide bonds. The van der Waals surface area contributed by atoms with Crippen LogP contribution >= 0.6 is 0 Å². The number of alkyl halides is 3. The lowest BCUT2D eigenvalue weighted by Gasteiger charge is -2.17. The van der Waals surface area contributed by atoms with E-state index in [-0.39, 0.29) is 17.3 Å². The smallest absolute Gasteiger partial charge is 0.383 e. The van der Waals surface area contributed by atoms with Gasteiger partial charge in [-0.1, -0.05) is 24.2 Å². The number of halogens is 4. The maximum atomic E-state index is 13.4. The Balaban J connectivity index is 2.27. The molecule has 0 spiro atoms. The highest BCUT2D eigenvalue weighted by Crippen LogP contribution is 2.31. The summed E-state index contributed by atoms with van der Waals surface area (Å²) >= 11 is 0. The summed E-state index contributed by atoms with van der Waals surface area (Å²) < 4.78 is 55.4. The van der Waals surface area contributed by atoms with E-state index in [9.17, 15) is 17.6 Å². The maximum Gasteiger partial charge on any atom is 0.415 e. The molecule has 2 atom stereocenters. The number of nitrogens with zero attached hydrogens (tertiary/aromatic N) is 2. The Morgan fingerprint density at radius 3 is 2.52 bits per heavy atom. The van der Waals surface area contributed by atoms with E-state index < -0.39 is 24.0 Å². The van der Waals surface area contributed by atoms with Crippen molar-refractivity contribution in [3.63, 3.8) is 0 Å². The van der Waals surface area contributed by atoms with Crippen LogP contribution in [0.5, 0.6) is 0 Å². The van der Waals surface area contributed by atoms with Gasteiger partial charge in [-0.05, 0) is 18.6 Å². The van der Waals surface area contributed by atoms with Crippen LogP contribution in [-0.2, 0) is 0 Å². The van der Waals surface area contributed by atoms with Gasteiger partial charge in [0.15, 0.2) is 6.10 Å². The highest BCUT2D eigenvalue weighted by atomic mass is 19.4. The van der Waals surface area contributed by atoms with Crippen molar-refractivity contribution in [3.05, 3.63) is 35.5 Å². The van der Waals surface area contributed by atoms with Crippen LogP contribution in [0.4, 0.5) is 17.6 Å². The Kier molecular flexibility index (Phi) is 3.99. The molecule has 0 fully saturated rings. The van der Waals surface area contributed by atoms with E-state index in [1.54, 1.807) is 6.92 Å². The molecule has 1 aromatic carbocycles. The van der Waals surface area contributed by atoms with Gasteiger partial charge >= 0.3 is 6.18 Å². The molecular weight excluding hydrogens is 292 g/mol. The van der Waals surface area contributed by atoms with E-state index in [1.165, 1.54) is 12.1 Å². The van der Waals surface area contributed by atoms with E-state index in [4.69, 9.17) is 9.63 Å². The average Bonchev–Trinajstić information content (AvgIpc) is 2.88. The second-order valence-corrected chi connectivity index (χ2v) is 4.70. The summed E-state index contributed by atoms with van der Waals surface area (Å²) in [6.07, 6.45) is -7.40. The Bertz CT molecular complexity index is 639. The Labute approximate surface area is 117 Å². The van der Waals surface area contributed by atoms with Crippen LogP contribution in [0.2, 0.25) is 0 Å². The summed E-state index contributed by atoms with van der Waals surface area (Å²) in [7, 11) is 0. The van der Waals surface area contributed by atoms with Gasteiger partial charge in [-0.25, -0.2) is 4.39 Å². The molecule has 0 bridgehead atoms. The first-order chi connectivity index (χ1) is 9.70. The quantitative estimate of drug-likeness (QED) is 0.885. The van der Waals surface area contributed by atoms with E-state index in [1.807, 2.05) is 0 Å². The molecule has 1 heterocycles. The minimum Gasteiger partial charge on any atom is -0.383 e. The third kappa shape index (κ3) is 3.21. The van der Waals surface area contributed by atoms with Crippen LogP contribution in [0.15, 0.2) is 22.7 Å². The first-order valence-corrected chi connectivity index (χ1v) is 6.05. The van der Waals surface area contributed by atoms with Crippen molar-refractivity contribution < 1.29 is 27.2 Å². The molecular formula is C13H12F4N2O2. The fourth-order valence-corrected chi connectivity index (χ4v) is 1.69. The van der Waals surface area contributed by atoms with Crippen molar-refractivity contribution >= 4 is 0 Å². The van der Waals surface area contributed by atoms with Crippen molar-refractivity contribution in [1.82, 2.24) is 10.1 Å². The molecule has 0 saturated heterocycles. The Morgan fingerprint density at radius 1 is 1.29 bits per heavy atom. The number of benzene rings is 1. The van der Waals surface area contributed by atoms with E-state index in [2.05, 4.69) is 10.1 Å². The van der Waals surface area contributed by atoms with Crippen LogP contribution in [0, 0.1) is 12.7 Å². The second-order valence-electron chi connectivity index (χ2n) is 4.70. The molecule has 2 rings (SSSR count). The molecule has 0 aliphatic heterocycles. The normalized spacial score (nSPS) is 15.0. The Hall–Kier alpha value is -1.96. The number of aliphatic hydroxyl groups excluding tert-OH is 1.